The Kier molecular flexibility index (Phi) is 4.88. The van der Waals surface area contributed by atoms with Crippen LogP contribution in [0.15, 0.2) is 23.8 Å². The second-order valence-corrected chi connectivity index (χ2v) is 3.03. The van der Waals surface area contributed by atoms with Gasteiger partial charge in [0.1, 0.15) is 0 Å². The minimum atomic E-state index is 0.157. The Bertz CT molecular complexity index is 156. The molecule has 0 spiro atoms. The third-order valence-corrected chi connectivity index (χ3v) is 1.81. The molecule has 0 rings (SSSR count). The van der Waals surface area contributed by atoms with Crippen LogP contribution in [0.2, 0.25) is 0 Å². The van der Waals surface area contributed by atoms with E-state index in [0.29, 0.717) is 5.92 Å². The largest absolute Gasteiger partial charge is 0.392 e. The molecular formula is C10H18O. The molecule has 0 heterocycles. The molecule has 0 bridgehead atoms. The van der Waals surface area contributed by atoms with Gasteiger partial charge in [0.05, 0.1) is 6.61 Å². The van der Waals surface area contributed by atoms with E-state index in [4.69, 9.17) is 5.11 Å². The molecule has 0 aromatic heterocycles. The van der Waals surface area contributed by atoms with Crippen molar-refractivity contribution in [2.75, 3.05) is 6.61 Å². The highest BCUT2D eigenvalue weighted by atomic mass is 16.3. The Hall–Kier alpha value is -0.560. The van der Waals surface area contributed by atoms with Gasteiger partial charge in [-0.05, 0) is 26.2 Å². The lowest BCUT2D eigenvalue weighted by Crippen LogP contribution is -1.97. The van der Waals surface area contributed by atoms with Crippen LogP contribution in [0.1, 0.15) is 27.2 Å². The summed E-state index contributed by atoms with van der Waals surface area (Å²) in [5.41, 5.74) is 2.19. The summed E-state index contributed by atoms with van der Waals surface area (Å²) in [6.07, 6.45) is 3.15. The molecule has 1 nitrogen and oxygen atoms in total. The van der Waals surface area contributed by atoms with Gasteiger partial charge < -0.3 is 5.11 Å². The number of hydrogen-bond donors (Lipinski definition) is 1. The van der Waals surface area contributed by atoms with E-state index < -0.39 is 0 Å². The molecule has 1 heteroatoms. The first-order valence-corrected chi connectivity index (χ1v) is 4.05. The zero-order valence-electron chi connectivity index (χ0n) is 7.72. The van der Waals surface area contributed by atoms with Crippen molar-refractivity contribution in [3.63, 3.8) is 0 Å². The molecule has 0 unspecified atom stereocenters. The standard InChI is InChI=1S/C10H18O/c1-5-10(8(2)3)6-9(4)7-11/h6,10-11H,2,5,7H2,1,3-4H3/b9-6+/t10-/m0/s1. The van der Waals surface area contributed by atoms with Crippen molar-refractivity contribution < 1.29 is 5.11 Å². The summed E-state index contributed by atoms with van der Waals surface area (Å²) in [6.45, 7) is 10.1. The summed E-state index contributed by atoms with van der Waals surface area (Å²) in [5, 5.41) is 8.76. The summed E-state index contributed by atoms with van der Waals surface area (Å²) in [4.78, 5) is 0. The van der Waals surface area contributed by atoms with Gasteiger partial charge in [-0.25, -0.2) is 0 Å². The molecule has 11 heavy (non-hydrogen) atoms. The Balaban J connectivity index is 4.17. The molecule has 0 aliphatic heterocycles. The fraction of sp³-hybridized carbons (Fsp3) is 0.600. The molecule has 0 saturated heterocycles. The van der Waals surface area contributed by atoms with Crippen LogP contribution < -0.4 is 0 Å². The molecule has 0 aromatic carbocycles. The fourth-order valence-corrected chi connectivity index (χ4v) is 1.00. The van der Waals surface area contributed by atoms with Gasteiger partial charge in [0, 0.05) is 0 Å². The number of aliphatic hydroxyl groups is 1. The molecule has 0 radical (unpaired) electrons. The number of hydrogen-bond acceptors (Lipinski definition) is 1. The molecule has 1 N–H and O–H groups in total. The Labute approximate surface area is 69.4 Å². The van der Waals surface area contributed by atoms with E-state index in [1.165, 1.54) is 5.57 Å². The first-order chi connectivity index (χ1) is 5.11. The van der Waals surface area contributed by atoms with Gasteiger partial charge in [0.2, 0.25) is 0 Å². The van der Waals surface area contributed by atoms with Gasteiger partial charge in [-0.3, -0.25) is 0 Å². The van der Waals surface area contributed by atoms with E-state index in [-0.39, 0.29) is 6.61 Å². The van der Waals surface area contributed by atoms with Crippen LogP contribution in [0, 0.1) is 5.92 Å². The van der Waals surface area contributed by atoms with Crippen LogP contribution in [-0.2, 0) is 0 Å². The van der Waals surface area contributed by atoms with E-state index in [9.17, 15) is 0 Å². The van der Waals surface area contributed by atoms with Gasteiger partial charge in [0.15, 0.2) is 0 Å². The monoisotopic (exact) mass is 154 g/mol. The van der Waals surface area contributed by atoms with Crippen molar-refractivity contribution in [3.05, 3.63) is 23.8 Å². The molecule has 64 valence electrons. The Morgan fingerprint density at radius 1 is 1.55 bits per heavy atom. The highest BCUT2D eigenvalue weighted by Crippen LogP contribution is 2.15. The summed E-state index contributed by atoms with van der Waals surface area (Å²) >= 11 is 0. The van der Waals surface area contributed by atoms with Gasteiger partial charge in [-0.1, -0.05) is 30.7 Å². The normalized spacial score (nSPS) is 14.7. The van der Waals surface area contributed by atoms with Crippen molar-refractivity contribution >= 4 is 0 Å². The van der Waals surface area contributed by atoms with E-state index in [1.807, 2.05) is 13.8 Å². The average Bonchev–Trinajstić information content (AvgIpc) is 1.99. The van der Waals surface area contributed by atoms with Gasteiger partial charge >= 0.3 is 0 Å². The minimum Gasteiger partial charge on any atom is -0.392 e. The molecular weight excluding hydrogens is 136 g/mol. The molecule has 1 atom stereocenters. The topological polar surface area (TPSA) is 20.2 Å². The van der Waals surface area contributed by atoms with Crippen molar-refractivity contribution in [2.24, 2.45) is 5.92 Å². The SMILES string of the molecule is C=C(C)[C@H](/C=C(\C)CO)CC. The fourth-order valence-electron chi connectivity index (χ4n) is 1.00. The molecule has 0 saturated carbocycles. The Morgan fingerprint density at radius 2 is 2.09 bits per heavy atom. The second-order valence-electron chi connectivity index (χ2n) is 3.03. The summed E-state index contributed by atoms with van der Waals surface area (Å²) in [6, 6.07) is 0. The van der Waals surface area contributed by atoms with E-state index >= 15 is 0 Å². The van der Waals surface area contributed by atoms with Gasteiger partial charge in [-0.2, -0.15) is 0 Å². The second kappa shape index (κ2) is 5.14. The lowest BCUT2D eigenvalue weighted by atomic mass is 9.97. The van der Waals surface area contributed by atoms with Crippen LogP contribution in [0.25, 0.3) is 0 Å². The van der Waals surface area contributed by atoms with E-state index in [1.54, 1.807) is 0 Å². The van der Waals surface area contributed by atoms with Crippen molar-refractivity contribution in [2.45, 2.75) is 27.2 Å². The van der Waals surface area contributed by atoms with E-state index in [0.717, 1.165) is 12.0 Å². The molecule has 0 aliphatic rings. The van der Waals surface area contributed by atoms with Gasteiger partial charge in [0.25, 0.3) is 0 Å². The minimum absolute atomic E-state index is 0.157. The summed E-state index contributed by atoms with van der Waals surface area (Å²) < 4.78 is 0. The highest BCUT2D eigenvalue weighted by Gasteiger charge is 2.02. The lowest BCUT2D eigenvalue weighted by Gasteiger charge is -2.10. The third kappa shape index (κ3) is 3.99. The van der Waals surface area contributed by atoms with Crippen molar-refractivity contribution in [3.8, 4) is 0 Å². The molecule has 0 aromatic rings. The summed E-state index contributed by atoms with van der Waals surface area (Å²) in [7, 11) is 0. The Morgan fingerprint density at radius 3 is 2.36 bits per heavy atom. The first kappa shape index (κ1) is 10.4. The number of aliphatic hydroxyl groups excluding tert-OH is 1. The highest BCUT2D eigenvalue weighted by molar-refractivity contribution is 5.11. The maximum Gasteiger partial charge on any atom is 0.0639 e. The first-order valence-electron chi connectivity index (χ1n) is 4.05. The maximum absolute atomic E-state index is 8.76. The van der Waals surface area contributed by atoms with Crippen LogP contribution in [0.3, 0.4) is 0 Å². The predicted octanol–water partition coefficient (Wildman–Crippen LogP) is 2.53. The van der Waals surface area contributed by atoms with Crippen LogP contribution >= 0.6 is 0 Å². The smallest absolute Gasteiger partial charge is 0.0639 e. The molecule has 0 fully saturated rings. The van der Waals surface area contributed by atoms with Crippen LogP contribution in [0.4, 0.5) is 0 Å². The quantitative estimate of drug-likeness (QED) is 0.617. The van der Waals surface area contributed by atoms with Crippen molar-refractivity contribution in [1.82, 2.24) is 0 Å². The number of allylic oxidation sites excluding steroid dienone is 2. The predicted molar refractivity (Wildman–Crippen MR) is 49.4 cm³/mol. The summed E-state index contributed by atoms with van der Waals surface area (Å²) in [5.74, 6) is 0.433. The van der Waals surface area contributed by atoms with Crippen LogP contribution in [-0.4, -0.2) is 11.7 Å². The lowest BCUT2D eigenvalue weighted by molar-refractivity contribution is 0.330. The zero-order chi connectivity index (χ0) is 8.85. The average molecular weight is 154 g/mol. The zero-order valence-corrected chi connectivity index (χ0v) is 7.72. The molecule has 0 amide bonds. The van der Waals surface area contributed by atoms with Crippen LogP contribution in [0.5, 0.6) is 0 Å². The van der Waals surface area contributed by atoms with Crippen molar-refractivity contribution in [1.29, 1.82) is 0 Å². The maximum atomic E-state index is 8.76. The van der Waals surface area contributed by atoms with E-state index in [2.05, 4.69) is 19.6 Å². The third-order valence-electron chi connectivity index (χ3n) is 1.81. The number of rotatable bonds is 4. The van der Waals surface area contributed by atoms with Gasteiger partial charge in [-0.15, -0.1) is 0 Å². The molecule has 0 aliphatic carbocycles.